The number of benzene rings is 1. The van der Waals surface area contributed by atoms with E-state index in [0.29, 0.717) is 0 Å². The zero-order valence-corrected chi connectivity index (χ0v) is 10.4. The molecule has 5 nitrogen and oxygen atoms in total. The van der Waals surface area contributed by atoms with Gasteiger partial charge < -0.3 is 9.47 Å². The molecule has 0 saturated carbocycles. The fraction of sp³-hybridized carbons (Fsp3) is 0.167. The van der Waals surface area contributed by atoms with Crippen molar-refractivity contribution in [1.82, 2.24) is 14.6 Å². The van der Waals surface area contributed by atoms with Crippen LogP contribution in [0.4, 0.5) is 0 Å². The normalized spacial score (nSPS) is 13.4. The van der Waals surface area contributed by atoms with Gasteiger partial charge in [0.25, 0.3) is 0 Å². The molecule has 0 N–H and O–H groups in total. The van der Waals surface area contributed by atoms with Crippen LogP contribution in [0.2, 0.25) is 0 Å². The summed E-state index contributed by atoms with van der Waals surface area (Å²) < 4.78 is 12.5. The average molecular weight is 259 g/mol. The Hall–Kier alpha value is -2.08. The van der Waals surface area contributed by atoms with Gasteiger partial charge in [0.15, 0.2) is 11.5 Å². The number of ether oxygens (including phenoxy) is 2. The first-order valence-corrected chi connectivity index (χ1v) is 6.34. The summed E-state index contributed by atoms with van der Waals surface area (Å²) in [7, 11) is 0. The summed E-state index contributed by atoms with van der Waals surface area (Å²) in [5.74, 6) is 1.56. The van der Waals surface area contributed by atoms with Crippen molar-refractivity contribution in [3.63, 3.8) is 0 Å². The van der Waals surface area contributed by atoms with Crippen molar-refractivity contribution in [3.8, 4) is 22.8 Å². The summed E-state index contributed by atoms with van der Waals surface area (Å²) in [5, 5.41) is 5.36. The molecule has 90 valence electrons. The highest BCUT2D eigenvalue weighted by atomic mass is 32.1. The Balaban J connectivity index is 1.83. The Morgan fingerprint density at radius 1 is 1.28 bits per heavy atom. The van der Waals surface area contributed by atoms with Crippen LogP contribution in [0.25, 0.3) is 16.2 Å². The lowest BCUT2D eigenvalue weighted by atomic mass is 10.1. The number of fused-ring (bicyclic) bond motifs is 2. The second-order valence-electron chi connectivity index (χ2n) is 4.04. The minimum atomic E-state index is 0.290. The lowest BCUT2D eigenvalue weighted by molar-refractivity contribution is 0.174. The minimum absolute atomic E-state index is 0.290. The quantitative estimate of drug-likeness (QED) is 0.673. The van der Waals surface area contributed by atoms with Crippen molar-refractivity contribution in [2.75, 3.05) is 6.79 Å². The smallest absolute Gasteiger partial charge is 0.231 e. The van der Waals surface area contributed by atoms with E-state index in [2.05, 4.69) is 10.1 Å². The van der Waals surface area contributed by atoms with E-state index in [4.69, 9.17) is 9.47 Å². The van der Waals surface area contributed by atoms with Crippen LogP contribution < -0.4 is 9.47 Å². The van der Waals surface area contributed by atoms with E-state index in [1.165, 1.54) is 0 Å². The number of nitrogens with zero attached hydrogens (tertiary/aromatic N) is 3. The van der Waals surface area contributed by atoms with E-state index < -0.39 is 0 Å². The Bertz CT molecular complexity index is 715. The van der Waals surface area contributed by atoms with E-state index in [1.807, 2.05) is 31.3 Å². The van der Waals surface area contributed by atoms with Crippen LogP contribution in [0, 0.1) is 6.92 Å². The maximum absolute atomic E-state index is 5.37. The molecule has 1 aliphatic rings. The predicted molar refractivity (Wildman–Crippen MR) is 67.2 cm³/mol. The molecule has 0 fully saturated rings. The van der Waals surface area contributed by atoms with Crippen molar-refractivity contribution in [2.45, 2.75) is 6.92 Å². The van der Waals surface area contributed by atoms with Gasteiger partial charge in [-0.25, -0.2) is 9.50 Å². The van der Waals surface area contributed by atoms with Crippen LogP contribution in [-0.4, -0.2) is 21.4 Å². The third-order valence-electron chi connectivity index (χ3n) is 2.81. The Kier molecular flexibility index (Phi) is 1.90. The molecule has 4 rings (SSSR count). The zero-order valence-electron chi connectivity index (χ0n) is 9.58. The predicted octanol–water partition coefficient (Wildman–Crippen LogP) is 2.49. The minimum Gasteiger partial charge on any atom is -0.454 e. The highest BCUT2D eigenvalue weighted by Crippen LogP contribution is 2.35. The summed E-state index contributed by atoms with van der Waals surface area (Å²) in [6, 6.07) is 5.83. The van der Waals surface area contributed by atoms with Gasteiger partial charge in [0.2, 0.25) is 11.8 Å². The molecule has 2 aromatic heterocycles. The number of hydrogen-bond donors (Lipinski definition) is 0. The molecular weight excluding hydrogens is 250 g/mol. The van der Waals surface area contributed by atoms with E-state index in [9.17, 15) is 0 Å². The lowest BCUT2D eigenvalue weighted by Gasteiger charge is -1.98. The molecule has 3 heterocycles. The van der Waals surface area contributed by atoms with Crippen molar-refractivity contribution in [2.24, 2.45) is 0 Å². The molecule has 0 bridgehead atoms. The van der Waals surface area contributed by atoms with Crippen LogP contribution in [0.3, 0.4) is 0 Å². The highest BCUT2D eigenvalue weighted by molar-refractivity contribution is 7.16. The monoisotopic (exact) mass is 259 g/mol. The molecule has 1 aromatic carbocycles. The number of rotatable bonds is 1. The Morgan fingerprint density at radius 2 is 2.17 bits per heavy atom. The first kappa shape index (κ1) is 9.90. The molecule has 0 atom stereocenters. The van der Waals surface area contributed by atoms with Crippen LogP contribution in [-0.2, 0) is 0 Å². The zero-order chi connectivity index (χ0) is 12.1. The van der Waals surface area contributed by atoms with Gasteiger partial charge in [0.05, 0.1) is 11.9 Å². The van der Waals surface area contributed by atoms with E-state index in [1.54, 1.807) is 15.9 Å². The summed E-state index contributed by atoms with van der Waals surface area (Å²) in [5.41, 5.74) is 1.90. The highest BCUT2D eigenvalue weighted by Gasteiger charge is 2.15. The van der Waals surface area contributed by atoms with Crippen LogP contribution in [0.5, 0.6) is 11.5 Å². The van der Waals surface area contributed by atoms with Crippen molar-refractivity contribution in [1.29, 1.82) is 0 Å². The van der Waals surface area contributed by atoms with Gasteiger partial charge in [-0.15, -0.1) is 0 Å². The molecule has 18 heavy (non-hydrogen) atoms. The van der Waals surface area contributed by atoms with Crippen LogP contribution >= 0.6 is 11.3 Å². The second kappa shape index (κ2) is 3.46. The van der Waals surface area contributed by atoms with Gasteiger partial charge in [-0.2, -0.15) is 5.10 Å². The van der Waals surface area contributed by atoms with Crippen LogP contribution in [0.1, 0.15) is 5.01 Å². The third kappa shape index (κ3) is 1.39. The van der Waals surface area contributed by atoms with Gasteiger partial charge >= 0.3 is 0 Å². The summed E-state index contributed by atoms with van der Waals surface area (Å²) in [4.78, 5) is 5.45. The van der Waals surface area contributed by atoms with Gasteiger partial charge in [0.1, 0.15) is 5.01 Å². The number of aromatic nitrogens is 3. The largest absolute Gasteiger partial charge is 0.454 e. The standard InChI is InChI=1S/C12H9N3O2S/c1-7-14-15-5-9(13-12(15)18-7)8-2-3-10-11(4-8)17-6-16-10/h2-5H,6H2,1H3. The van der Waals surface area contributed by atoms with E-state index in [0.717, 1.165) is 32.7 Å². The van der Waals surface area contributed by atoms with Gasteiger partial charge in [-0.3, -0.25) is 0 Å². The Morgan fingerprint density at radius 3 is 3.06 bits per heavy atom. The fourth-order valence-electron chi connectivity index (χ4n) is 1.99. The molecule has 0 amide bonds. The molecule has 0 unspecified atom stereocenters. The number of aryl methyl sites for hydroxylation is 1. The lowest BCUT2D eigenvalue weighted by Crippen LogP contribution is -1.92. The van der Waals surface area contributed by atoms with Crippen molar-refractivity contribution in [3.05, 3.63) is 29.4 Å². The van der Waals surface area contributed by atoms with Crippen molar-refractivity contribution >= 4 is 16.3 Å². The Labute approximate surface area is 107 Å². The average Bonchev–Trinajstić information content (AvgIpc) is 3.00. The molecule has 0 spiro atoms. The molecule has 1 aliphatic heterocycles. The summed E-state index contributed by atoms with van der Waals surface area (Å²) in [6.45, 7) is 2.26. The molecule has 0 radical (unpaired) electrons. The molecule has 0 saturated heterocycles. The SMILES string of the molecule is Cc1nn2cc(-c3ccc4c(c3)OCO4)nc2s1. The third-order valence-corrected chi connectivity index (χ3v) is 3.65. The molecule has 0 aliphatic carbocycles. The van der Waals surface area contributed by atoms with Gasteiger partial charge in [-0.1, -0.05) is 11.3 Å². The topological polar surface area (TPSA) is 48.7 Å². The molecule has 3 aromatic rings. The maximum Gasteiger partial charge on any atom is 0.231 e. The van der Waals surface area contributed by atoms with E-state index >= 15 is 0 Å². The fourth-order valence-corrected chi connectivity index (χ4v) is 2.72. The maximum atomic E-state index is 5.37. The van der Waals surface area contributed by atoms with Crippen LogP contribution in [0.15, 0.2) is 24.4 Å². The number of imidazole rings is 1. The summed E-state index contributed by atoms with van der Waals surface area (Å²) in [6.07, 6.45) is 1.93. The summed E-state index contributed by atoms with van der Waals surface area (Å²) >= 11 is 1.58. The number of hydrogen-bond acceptors (Lipinski definition) is 5. The molecular formula is C12H9N3O2S. The van der Waals surface area contributed by atoms with E-state index in [-0.39, 0.29) is 6.79 Å². The van der Waals surface area contributed by atoms with Crippen molar-refractivity contribution < 1.29 is 9.47 Å². The molecule has 6 heteroatoms. The van der Waals surface area contributed by atoms with Gasteiger partial charge in [0, 0.05) is 5.56 Å². The first-order chi connectivity index (χ1) is 8.79. The second-order valence-corrected chi connectivity index (χ2v) is 5.20. The first-order valence-electron chi connectivity index (χ1n) is 5.52. The van der Waals surface area contributed by atoms with Gasteiger partial charge in [-0.05, 0) is 25.1 Å².